The van der Waals surface area contributed by atoms with E-state index in [0.29, 0.717) is 18.0 Å². The van der Waals surface area contributed by atoms with Crippen molar-refractivity contribution < 1.29 is 14.2 Å². The highest BCUT2D eigenvalue weighted by Crippen LogP contribution is 2.33. The van der Waals surface area contributed by atoms with Crippen LogP contribution in [-0.4, -0.2) is 28.7 Å². The van der Waals surface area contributed by atoms with Crippen LogP contribution in [0.2, 0.25) is 0 Å². The Morgan fingerprint density at radius 2 is 1.96 bits per heavy atom. The van der Waals surface area contributed by atoms with Gasteiger partial charge in [0, 0.05) is 6.42 Å². The molecule has 3 aromatic rings. The van der Waals surface area contributed by atoms with Crippen molar-refractivity contribution in [3.8, 4) is 22.9 Å². The number of H-pyrrole nitrogens is 1. The number of nitrogens with one attached hydrogen (secondary N) is 1. The van der Waals surface area contributed by atoms with Crippen LogP contribution in [0.15, 0.2) is 47.3 Å². The molecular formula is C17H15N3O4. The molecule has 7 heteroatoms. The molecule has 0 aliphatic carbocycles. The number of rotatable bonds is 4. The van der Waals surface area contributed by atoms with Crippen molar-refractivity contribution in [2.24, 2.45) is 0 Å². The van der Waals surface area contributed by atoms with Crippen molar-refractivity contribution in [2.45, 2.75) is 6.42 Å². The summed E-state index contributed by atoms with van der Waals surface area (Å²) < 4.78 is 17.4. The number of fused-ring (bicyclic) bond motifs is 1. The van der Waals surface area contributed by atoms with E-state index in [0.717, 1.165) is 22.7 Å². The molecule has 4 rings (SSSR count). The van der Waals surface area contributed by atoms with Gasteiger partial charge in [-0.05, 0) is 42.0 Å². The van der Waals surface area contributed by atoms with Gasteiger partial charge in [0.05, 0.1) is 12.8 Å². The minimum atomic E-state index is -0.282. The summed E-state index contributed by atoms with van der Waals surface area (Å²) >= 11 is 0. The molecule has 0 bridgehead atoms. The lowest BCUT2D eigenvalue weighted by molar-refractivity contribution is 0.174. The fraction of sp³-hybridized carbons (Fsp3) is 0.176. The Morgan fingerprint density at radius 1 is 1.17 bits per heavy atom. The number of methoxy groups -OCH3 is 1. The monoisotopic (exact) mass is 325 g/mol. The van der Waals surface area contributed by atoms with Crippen LogP contribution >= 0.6 is 0 Å². The maximum absolute atomic E-state index is 12.1. The Balaban J connectivity index is 1.68. The van der Waals surface area contributed by atoms with Gasteiger partial charge in [0.25, 0.3) is 0 Å². The first kappa shape index (κ1) is 14.4. The van der Waals surface area contributed by atoms with Crippen LogP contribution < -0.4 is 19.9 Å². The molecule has 24 heavy (non-hydrogen) atoms. The number of nitrogens with zero attached hydrogens (tertiary/aromatic N) is 2. The van der Waals surface area contributed by atoms with Crippen molar-refractivity contribution in [1.29, 1.82) is 0 Å². The van der Waals surface area contributed by atoms with Gasteiger partial charge in [-0.3, -0.25) is 0 Å². The molecule has 1 N–H and O–H groups in total. The summed E-state index contributed by atoms with van der Waals surface area (Å²) in [6.07, 6.45) is 0.488. The Hall–Kier alpha value is -3.22. The van der Waals surface area contributed by atoms with E-state index >= 15 is 0 Å². The number of hydrogen-bond acceptors (Lipinski definition) is 5. The number of aromatic amines is 1. The van der Waals surface area contributed by atoms with Crippen LogP contribution in [0.4, 0.5) is 0 Å². The third kappa shape index (κ3) is 2.50. The van der Waals surface area contributed by atoms with Gasteiger partial charge >= 0.3 is 5.69 Å². The van der Waals surface area contributed by atoms with Crippen LogP contribution in [-0.2, 0) is 6.42 Å². The fourth-order valence-electron chi connectivity index (χ4n) is 2.68. The topological polar surface area (TPSA) is 78.4 Å². The SMILES string of the molecule is COc1ccc(-n2c(Cc3ccc4c(c3)OCO4)n[nH]c2=O)cc1. The summed E-state index contributed by atoms with van der Waals surface area (Å²) in [5, 5.41) is 6.65. The van der Waals surface area contributed by atoms with E-state index in [1.165, 1.54) is 0 Å². The molecule has 0 radical (unpaired) electrons. The van der Waals surface area contributed by atoms with Crippen LogP contribution in [0.1, 0.15) is 11.4 Å². The van der Waals surface area contributed by atoms with E-state index < -0.39 is 0 Å². The normalized spacial score (nSPS) is 12.4. The number of hydrogen-bond donors (Lipinski definition) is 1. The zero-order chi connectivity index (χ0) is 16.5. The molecule has 122 valence electrons. The van der Waals surface area contributed by atoms with E-state index in [1.54, 1.807) is 23.8 Å². The van der Waals surface area contributed by atoms with Gasteiger partial charge in [-0.25, -0.2) is 14.5 Å². The Morgan fingerprint density at radius 3 is 2.75 bits per heavy atom. The maximum Gasteiger partial charge on any atom is 0.347 e. The average Bonchev–Trinajstić information content (AvgIpc) is 3.21. The van der Waals surface area contributed by atoms with Crippen LogP contribution in [0.3, 0.4) is 0 Å². The molecule has 0 fully saturated rings. The maximum atomic E-state index is 12.1. The molecule has 0 saturated heterocycles. The quantitative estimate of drug-likeness (QED) is 0.792. The average molecular weight is 325 g/mol. The standard InChI is InChI=1S/C17H15N3O4/c1-22-13-5-3-12(4-6-13)20-16(18-19-17(20)21)9-11-2-7-14-15(8-11)24-10-23-14/h2-8H,9-10H2,1H3,(H,19,21). The van der Waals surface area contributed by atoms with Gasteiger partial charge in [-0.1, -0.05) is 6.07 Å². The molecule has 1 aliphatic rings. The molecule has 1 aromatic heterocycles. The zero-order valence-corrected chi connectivity index (χ0v) is 13.0. The predicted molar refractivity (Wildman–Crippen MR) is 86.1 cm³/mol. The van der Waals surface area contributed by atoms with Gasteiger partial charge < -0.3 is 14.2 Å². The van der Waals surface area contributed by atoms with Crippen molar-refractivity contribution in [2.75, 3.05) is 13.9 Å². The highest BCUT2D eigenvalue weighted by Gasteiger charge is 2.16. The molecule has 7 nitrogen and oxygen atoms in total. The van der Waals surface area contributed by atoms with Crippen molar-refractivity contribution in [3.05, 3.63) is 64.3 Å². The van der Waals surface area contributed by atoms with E-state index in [9.17, 15) is 4.79 Å². The molecule has 0 amide bonds. The highest BCUT2D eigenvalue weighted by atomic mass is 16.7. The summed E-state index contributed by atoms with van der Waals surface area (Å²) in [7, 11) is 1.60. The lowest BCUT2D eigenvalue weighted by Crippen LogP contribution is -2.17. The van der Waals surface area contributed by atoms with Gasteiger partial charge in [0.1, 0.15) is 11.6 Å². The molecular weight excluding hydrogens is 310 g/mol. The van der Waals surface area contributed by atoms with E-state index in [1.807, 2.05) is 30.3 Å². The zero-order valence-electron chi connectivity index (χ0n) is 13.0. The van der Waals surface area contributed by atoms with Crippen LogP contribution in [0, 0.1) is 0 Å². The summed E-state index contributed by atoms with van der Waals surface area (Å²) in [6, 6.07) is 12.9. The molecule has 0 saturated carbocycles. The second-order valence-corrected chi connectivity index (χ2v) is 5.34. The van der Waals surface area contributed by atoms with Crippen molar-refractivity contribution in [1.82, 2.24) is 14.8 Å². The van der Waals surface area contributed by atoms with Gasteiger partial charge in [0.15, 0.2) is 11.5 Å². The summed E-state index contributed by atoms with van der Waals surface area (Å²) in [4.78, 5) is 12.1. The highest BCUT2D eigenvalue weighted by molar-refractivity contribution is 5.45. The lowest BCUT2D eigenvalue weighted by atomic mass is 10.1. The second-order valence-electron chi connectivity index (χ2n) is 5.34. The van der Waals surface area contributed by atoms with Gasteiger partial charge in [-0.2, -0.15) is 5.10 Å². The van der Waals surface area contributed by atoms with E-state index in [4.69, 9.17) is 14.2 Å². The first-order chi connectivity index (χ1) is 11.7. The third-order valence-electron chi connectivity index (χ3n) is 3.87. The van der Waals surface area contributed by atoms with Crippen LogP contribution in [0.25, 0.3) is 5.69 Å². The Kier molecular flexibility index (Phi) is 3.45. The second kappa shape index (κ2) is 5.77. The molecule has 2 aromatic carbocycles. The predicted octanol–water partition coefficient (Wildman–Crippen LogP) is 1.89. The summed E-state index contributed by atoms with van der Waals surface area (Å²) in [6.45, 7) is 0.234. The van der Waals surface area contributed by atoms with Gasteiger partial charge in [0.2, 0.25) is 6.79 Å². The number of ether oxygens (including phenoxy) is 3. The van der Waals surface area contributed by atoms with E-state index in [2.05, 4.69) is 10.2 Å². The Labute approximate surface area is 137 Å². The van der Waals surface area contributed by atoms with Gasteiger partial charge in [-0.15, -0.1) is 0 Å². The van der Waals surface area contributed by atoms with Crippen LogP contribution in [0.5, 0.6) is 17.2 Å². The molecule has 0 spiro atoms. The minimum absolute atomic E-state index is 0.234. The van der Waals surface area contributed by atoms with Crippen molar-refractivity contribution >= 4 is 0 Å². The molecule has 0 unspecified atom stereocenters. The fourth-order valence-corrected chi connectivity index (χ4v) is 2.68. The largest absolute Gasteiger partial charge is 0.497 e. The molecule has 2 heterocycles. The molecule has 1 aliphatic heterocycles. The molecule has 0 atom stereocenters. The lowest BCUT2D eigenvalue weighted by Gasteiger charge is -2.07. The summed E-state index contributed by atoms with van der Waals surface area (Å²) in [5.74, 6) is 2.78. The third-order valence-corrected chi connectivity index (χ3v) is 3.87. The first-order valence-corrected chi connectivity index (χ1v) is 7.44. The van der Waals surface area contributed by atoms with Crippen molar-refractivity contribution in [3.63, 3.8) is 0 Å². The Bertz CT molecular complexity index is 928. The smallest absolute Gasteiger partial charge is 0.347 e. The number of aromatic nitrogens is 3. The first-order valence-electron chi connectivity index (χ1n) is 7.44. The summed E-state index contributed by atoms with van der Waals surface area (Å²) in [5.41, 5.74) is 1.43. The number of benzene rings is 2. The minimum Gasteiger partial charge on any atom is -0.497 e. The van der Waals surface area contributed by atoms with E-state index in [-0.39, 0.29) is 12.5 Å².